The van der Waals surface area contributed by atoms with Gasteiger partial charge in [0.1, 0.15) is 11.3 Å². The third-order valence-electron chi connectivity index (χ3n) is 5.62. The van der Waals surface area contributed by atoms with Gasteiger partial charge in [-0.1, -0.05) is 17.3 Å². The second-order valence-electron chi connectivity index (χ2n) is 8.48. The van der Waals surface area contributed by atoms with Crippen LogP contribution in [0.4, 0.5) is 42.5 Å². The molecule has 2 N–H and O–H groups in total. The van der Waals surface area contributed by atoms with Gasteiger partial charge in [0.05, 0.1) is 23.0 Å². The largest absolute Gasteiger partial charge is 0.423 e. The molecule has 0 aliphatic rings. The molecule has 0 fully saturated rings. The van der Waals surface area contributed by atoms with Crippen LogP contribution in [-0.2, 0) is 12.4 Å². The first-order chi connectivity index (χ1) is 18.8. The number of amides is 2. The highest BCUT2D eigenvalue weighted by molar-refractivity contribution is 6.00. The summed E-state index contributed by atoms with van der Waals surface area (Å²) in [4.78, 5) is 23.8. The maximum atomic E-state index is 13.1. The van der Waals surface area contributed by atoms with Crippen LogP contribution in [0.2, 0.25) is 0 Å². The SMILES string of the molecule is O=C(Nc1cccc(-c2cn(-c3ccc4oc(=O)ccc4c3)nn2)c1)Nc1cc(C(F)(F)F)cc(C(F)(F)F)c1. The van der Waals surface area contributed by atoms with Crippen LogP contribution in [0.1, 0.15) is 11.1 Å². The van der Waals surface area contributed by atoms with Gasteiger partial charge in [0.15, 0.2) is 0 Å². The second-order valence-corrected chi connectivity index (χ2v) is 8.48. The van der Waals surface area contributed by atoms with E-state index in [0.717, 1.165) is 0 Å². The second kappa shape index (κ2) is 9.87. The lowest BCUT2D eigenvalue weighted by molar-refractivity contribution is -0.143. The smallest absolute Gasteiger partial charge is 0.416 e. The zero-order valence-electron chi connectivity index (χ0n) is 19.8. The molecule has 0 aliphatic carbocycles. The lowest BCUT2D eigenvalue weighted by Crippen LogP contribution is -2.20. The van der Waals surface area contributed by atoms with E-state index in [-0.39, 0.29) is 11.8 Å². The summed E-state index contributed by atoms with van der Waals surface area (Å²) in [6.45, 7) is 0. The standard InChI is InChI=1S/C26H15F6N5O3/c27-25(28,29)16-10-17(26(30,31)32)12-19(11-16)34-24(39)33-18-3-1-2-14(8-18)21-13-37(36-35-21)20-5-6-22-15(9-20)4-7-23(38)40-22/h1-13H,(H2,33,34,39). The fourth-order valence-electron chi connectivity index (χ4n) is 3.80. The molecule has 0 spiro atoms. The highest BCUT2D eigenvalue weighted by Crippen LogP contribution is 2.37. The molecule has 0 saturated carbocycles. The molecule has 40 heavy (non-hydrogen) atoms. The lowest BCUT2D eigenvalue weighted by atomic mass is 10.1. The summed E-state index contributed by atoms with van der Waals surface area (Å²) in [5.74, 6) is 0. The van der Waals surface area contributed by atoms with Crippen molar-refractivity contribution in [3.63, 3.8) is 0 Å². The van der Waals surface area contributed by atoms with Crippen LogP contribution in [0.25, 0.3) is 27.9 Å². The summed E-state index contributed by atoms with van der Waals surface area (Å²) in [5, 5.41) is 13.2. The Hall–Kier alpha value is -5.14. The number of nitrogens with one attached hydrogen (secondary N) is 2. The number of anilines is 2. The maximum Gasteiger partial charge on any atom is 0.416 e. The summed E-state index contributed by atoms with van der Waals surface area (Å²) in [7, 11) is 0. The average Bonchev–Trinajstić information content (AvgIpc) is 3.38. The Labute approximate surface area is 219 Å². The van der Waals surface area contributed by atoms with Crippen molar-refractivity contribution in [1.82, 2.24) is 15.0 Å². The molecule has 0 atom stereocenters. The number of halogens is 6. The van der Waals surface area contributed by atoms with Crippen LogP contribution >= 0.6 is 0 Å². The molecule has 8 nitrogen and oxygen atoms in total. The van der Waals surface area contributed by atoms with E-state index in [2.05, 4.69) is 15.6 Å². The van der Waals surface area contributed by atoms with Gasteiger partial charge in [0.2, 0.25) is 0 Å². The van der Waals surface area contributed by atoms with E-state index in [1.54, 1.807) is 42.6 Å². The van der Waals surface area contributed by atoms with Gasteiger partial charge < -0.3 is 15.1 Å². The fraction of sp³-hybridized carbons (Fsp3) is 0.0769. The fourth-order valence-corrected chi connectivity index (χ4v) is 3.80. The number of aromatic nitrogens is 3. The quantitative estimate of drug-likeness (QED) is 0.188. The van der Waals surface area contributed by atoms with Crippen molar-refractivity contribution < 1.29 is 35.6 Å². The molecule has 0 bridgehead atoms. The van der Waals surface area contributed by atoms with Crippen LogP contribution in [-0.4, -0.2) is 21.0 Å². The van der Waals surface area contributed by atoms with E-state index < -0.39 is 40.8 Å². The Balaban J connectivity index is 1.34. The molecule has 5 rings (SSSR count). The minimum Gasteiger partial charge on any atom is -0.423 e. The van der Waals surface area contributed by atoms with Gasteiger partial charge in [-0.15, -0.1) is 5.10 Å². The van der Waals surface area contributed by atoms with Gasteiger partial charge in [-0.3, -0.25) is 0 Å². The number of hydrogen-bond acceptors (Lipinski definition) is 5. The molecular formula is C26H15F6N5O3. The van der Waals surface area contributed by atoms with Gasteiger partial charge in [0, 0.05) is 28.4 Å². The van der Waals surface area contributed by atoms with E-state index >= 15 is 0 Å². The van der Waals surface area contributed by atoms with E-state index in [1.807, 2.05) is 5.32 Å². The van der Waals surface area contributed by atoms with Crippen molar-refractivity contribution in [3.8, 4) is 16.9 Å². The van der Waals surface area contributed by atoms with Gasteiger partial charge in [-0.25, -0.2) is 14.3 Å². The lowest BCUT2D eigenvalue weighted by Gasteiger charge is -2.15. The predicted molar refractivity (Wildman–Crippen MR) is 132 cm³/mol. The molecule has 0 radical (unpaired) electrons. The summed E-state index contributed by atoms with van der Waals surface area (Å²) in [6.07, 6.45) is -8.51. The average molecular weight is 559 g/mol. The molecule has 2 aromatic heterocycles. The van der Waals surface area contributed by atoms with E-state index in [4.69, 9.17) is 4.42 Å². The van der Waals surface area contributed by atoms with Crippen LogP contribution < -0.4 is 16.3 Å². The first kappa shape index (κ1) is 26.5. The molecule has 14 heteroatoms. The molecule has 5 aromatic rings. The van der Waals surface area contributed by atoms with Crippen molar-refractivity contribution in [1.29, 1.82) is 0 Å². The van der Waals surface area contributed by atoms with Crippen molar-refractivity contribution in [3.05, 3.63) is 101 Å². The highest BCUT2D eigenvalue weighted by atomic mass is 19.4. The number of hydrogen-bond donors (Lipinski definition) is 2. The zero-order chi connectivity index (χ0) is 28.7. The van der Waals surface area contributed by atoms with Gasteiger partial charge in [-0.2, -0.15) is 26.3 Å². The molecule has 0 aliphatic heterocycles. The number of nitrogens with zero attached hydrogens (tertiary/aromatic N) is 3. The van der Waals surface area contributed by atoms with Gasteiger partial charge >= 0.3 is 24.0 Å². The van der Waals surface area contributed by atoms with Crippen LogP contribution in [0, 0.1) is 0 Å². The van der Waals surface area contributed by atoms with Crippen molar-refractivity contribution in [2.24, 2.45) is 0 Å². The van der Waals surface area contributed by atoms with Crippen LogP contribution in [0.15, 0.2) is 88.2 Å². The van der Waals surface area contributed by atoms with E-state index in [9.17, 15) is 35.9 Å². The third kappa shape index (κ3) is 5.80. The van der Waals surface area contributed by atoms with Crippen molar-refractivity contribution in [2.75, 3.05) is 10.6 Å². The van der Waals surface area contributed by atoms with E-state index in [0.29, 0.717) is 40.0 Å². The Morgan fingerprint density at radius 2 is 1.50 bits per heavy atom. The summed E-state index contributed by atoms with van der Waals surface area (Å²) >= 11 is 0. The minimum atomic E-state index is -5.05. The maximum absolute atomic E-state index is 13.1. The number of urea groups is 1. The number of rotatable bonds is 4. The molecular weight excluding hydrogens is 544 g/mol. The van der Waals surface area contributed by atoms with Crippen LogP contribution in [0.5, 0.6) is 0 Å². The Morgan fingerprint density at radius 1 is 0.800 bits per heavy atom. The number of benzene rings is 3. The number of carbonyl (C=O) groups is 1. The number of alkyl halides is 6. The summed E-state index contributed by atoms with van der Waals surface area (Å²) in [6, 6.07) is 13.8. The molecule has 204 valence electrons. The molecule has 2 amide bonds. The molecule has 3 aromatic carbocycles. The Morgan fingerprint density at radius 3 is 2.20 bits per heavy atom. The normalized spacial score (nSPS) is 11.9. The minimum absolute atomic E-state index is 0.0324. The first-order valence-corrected chi connectivity index (χ1v) is 11.3. The highest BCUT2D eigenvalue weighted by Gasteiger charge is 2.37. The first-order valence-electron chi connectivity index (χ1n) is 11.3. The number of carbonyl (C=O) groups excluding carboxylic acids is 1. The molecule has 0 unspecified atom stereocenters. The monoisotopic (exact) mass is 559 g/mol. The van der Waals surface area contributed by atoms with E-state index in [1.165, 1.54) is 22.9 Å². The predicted octanol–water partition coefficient (Wildman–Crippen LogP) is 6.72. The number of fused-ring (bicyclic) bond motifs is 1. The van der Waals surface area contributed by atoms with Crippen molar-refractivity contribution in [2.45, 2.75) is 12.4 Å². The Kier molecular flexibility index (Phi) is 6.53. The molecule has 2 heterocycles. The summed E-state index contributed by atoms with van der Waals surface area (Å²) < 4.78 is 85.2. The van der Waals surface area contributed by atoms with Crippen molar-refractivity contribution >= 4 is 28.4 Å². The molecule has 0 saturated heterocycles. The van der Waals surface area contributed by atoms with Crippen LogP contribution in [0.3, 0.4) is 0 Å². The zero-order valence-corrected chi connectivity index (χ0v) is 19.8. The Bertz CT molecular complexity index is 1760. The topological polar surface area (TPSA) is 102 Å². The summed E-state index contributed by atoms with van der Waals surface area (Å²) in [5.41, 5.74) is -2.17. The van der Waals surface area contributed by atoms with Gasteiger partial charge in [0.25, 0.3) is 0 Å². The third-order valence-corrected chi connectivity index (χ3v) is 5.62. The van der Waals surface area contributed by atoms with Gasteiger partial charge in [-0.05, 0) is 54.6 Å².